The maximum absolute atomic E-state index is 13.4. The van der Waals surface area contributed by atoms with Gasteiger partial charge >= 0.3 is 0 Å². The van der Waals surface area contributed by atoms with Gasteiger partial charge in [0, 0.05) is 68.5 Å². The van der Waals surface area contributed by atoms with Crippen molar-refractivity contribution < 1.29 is 23.8 Å². The number of hydrogen-bond acceptors (Lipinski definition) is 8. The Morgan fingerprint density at radius 2 is 1.62 bits per heavy atom. The molecule has 1 aliphatic carbocycles. The summed E-state index contributed by atoms with van der Waals surface area (Å²) in [4.78, 5) is 35.9. The van der Waals surface area contributed by atoms with E-state index < -0.39 is 0 Å². The second kappa shape index (κ2) is 15.0. The van der Waals surface area contributed by atoms with Crippen LogP contribution in [0.1, 0.15) is 42.1 Å². The number of aromatic nitrogens is 2. The first-order valence-electron chi connectivity index (χ1n) is 16.8. The van der Waals surface area contributed by atoms with Crippen molar-refractivity contribution in [2.75, 3.05) is 72.5 Å². The number of carbonyl (C=O) groups excluding carboxylic acids is 2. The normalized spacial score (nSPS) is 18.1. The van der Waals surface area contributed by atoms with Gasteiger partial charge in [0.1, 0.15) is 5.82 Å². The van der Waals surface area contributed by atoms with Gasteiger partial charge in [-0.2, -0.15) is 0 Å². The summed E-state index contributed by atoms with van der Waals surface area (Å²) in [6.07, 6.45) is 3.15. The Morgan fingerprint density at radius 3 is 2.29 bits per heavy atom. The smallest absolute Gasteiger partial charge is 0.251 e. The summed E-state index contributed by atoms with van der Waals surface area (Å²) in [6.45, 7) is 5.59. The molecule has 1 aromatic heterocycles. The Hall–Kier alpha value is -4.77. The number of carbonyl (C=O) groups is 2. The lowest BCUT2D eigenvalue weighted by Gasteiger charge is -2.36. The second-order valence-electron chi connectivity index (χ2n) is 12.5. The average molecular weight is 655 g/mol. The molecule has 1 aliphatic heterocycles. The Bertz CT molecular complexity index is 1710. The number of piperazine rings is 1. The number of benzene rings is 3. The van der Waals surface area contributed by atoms with Crippen LogP contribution in [-0.2, 0) is 4.79 Å². The third-order valence-corrected chi connectivity index (χ3v) is 9.69. The lowest BCUT2D eigenvalue weighted by atomic mass is 10.1. The van der Waals surface area contributed by atoms with Crippen LogP contribution in [0, 0.1) is 5.92 Å². The van der Waals surface area contributed by atoms with E-state index in [4.69, 9.17) is 19.2 Å². The second-order valence-corrected chi connectivity index (χ2v) is 12.5. The minimum atomic E-state index is -0.109. The molecular formula is C37H46N6O5. The molecule has 11 heteroatoms. The van der Waals surface area contributed by atoms with Crippen LogP contribution in [0.15, 0.2) is 60.7 Å². The van der Waals surface area contributed by atoms with Crippen LogP contribution in [0.3, 0.4) is 0 Å². The number of anilines is 1. The minimum absolute atomic E-state index is 0.0204. The predicted molar refractivity (Wildman–Crippen MR) is 187 cm³/mol. The molecule has 254 valence electrons. The number of hydrogen-bond donors (Lipinski definition) is 2. The first-order chi connectivity index (χ1) is 23.4. The van der Waals surface area contributed by atoms with Gasteiger partial charge in [0.2, 0.25) is 11.7 Å². The highest BCUT2D eigenvalue weighted by atomic mass is 16.5. The van der Waals surface area contributed by atoms with E-state index in [9.17, 15) is 9.59 Å². The number of fused-ring (bicyclic) bond motifs is 1. The van der Waals surface area contributed by atoms with E-state index in [0.29, 0.717) is 35.8 Å². The first-order valence-corrected chi connectivity index (χ1v) is 16.8. The Balaban J connectivity index is 1.19. The fourth-order valence-electron chi connectivity index (χ4n) is 7.13. The van der Waals surface area contributed by atoms with Gasteiger partial charge in [-0.05, 0) is 74.7 Å². The van der Waals surface area contributed by atoms with Crippen molar-refractivity contribution in [3.63, 3.8) is 0 Å². The van der Waals surface area contributed by atoms with Crippen molar-refractivity contribution in [1.82, 2.24) is 25.1 Å². The van der Waals surface area contributed by atoms with Gasteiger partial charge in [-0.15, -0.1) is 0 Å². The fourth-order valence-corrected chi connectivity index (χ4v) is 7.13. The van der Waals surface area contributed by atoms with Gasteiger partial charge in [-0.25, -0.2) is 4.98 Å². The SMILES string of the molecule is CNC(=O)[C@@H]1CC[C@@H](n2c(-c3cc(OC)c(OC)c(OC)c3)nc3ccc(C(=O)NCCCN4CCN(c5ccccc5)CC4)cc32)C1. The molecular weight excluding hydrogens is 608 g/mol. The van der Waals surface area contributed by atoms with E-state index in [0.717, 1.165) is 74.4 Å². The average Bonchev–Trinajstić information content (AvgIpc) is 3.78. The van der Waals surface area contributed by atoms with Gasteiger partial charge in [0.25, 0.3) is 5.91 Å². The van der Waals surface area contributed by atoms with E-state index in [2.05, 4.69) is 55.3 Å². The molecule has 0 bridgehead atoms. The zero-order valence-electron chi connectivity index (χ0n) is 28.3. The molecule has 2 aliphatic rings. The Kier molecular flexibility index (Phi) is 10.3. The number of para-hydroxylation sites is 1. The molecule has 1 saturated carbocycles. The highest BCUT2D eigenvalue weighted by Gasteiger charge is 2.33. The Labute approximate surface area is 282 Å². The summed E-state index contributed by atoms with van der Waals surface area (Å²) in [5, 5.41) is 5.94. The predicted octanol–water partition coefficient (Wildman–Crippen LogP) is 4.76. The van der Waals surface area contributed by atoms with Gasteiger partial charge in [0.15, 0.2) is 11.5 Å². The van der Waals surface area contributed by atoms with Crippen molar-refractivity contribution in [2.24, 2.45) is 5.92 Å². The molecule has 2 fully saturated rings. The molecule has 6 rings (SSSR count). The molecule has 11 nitrogen and oxygen atoms in total. The molecule has 4 aromatic rings. The van der Waals surface area contributed by atoms with E-state index in [1.807, 2.05) is 30.3 Å². The van der Waals surface area contributed by atoms with Crippen molar-refractivity contribution in [1.29, 1.82) is 0 Å². The maximum Gasteiger partial charge on any atom is 0.251 e. The van der Waals surface area contributed by atoms with E-state index >= 15 is 0 Å². The fraction of sp³-hybridized carbons (Fsp3) is 0.432. The molecule has 2 heterocycles. The number of imidazole rings is 1. The van der Waals surface area contributed by atoms with Crippen molar-refractivity contribution in [2.45, 2.75) is 31.7 Å². The quantitative estimate of drug-likeness (QED) is 0.211. The van der Waals surface area contributed by atoms with E-state index in [-0.39, 0.29) is 23.8 Å². The van der Waals surface area contributed by atoms with E-state index in [1.54, 1.807) is 28.4 Å². The zero-order valence-corrected chi connectivity index (χ0v) is 28.3. The standard InChI is InChI=1S/C37H46N6O5/c1-38-36(44)25-11-13-29(21-25)43-31-22-26(12-14-30(31)40-35(43)27-23-32(46-2)34(48-4)33(24-27)47-3)37(45)39-15-8-16-41-17-19-42(20-18-41)28-9-6-5-7-10-28/h5-7,9-10,12,14,22-25,29H,8,11,13,15-21H2,1-4H3,(H,38,44)(H,39,45)/t25-,29-/m1/s1. The third-order valence-electron chi connectivity index (χ3n) is 9.69. The highest BCUT2D eigenvalue weighted by molar-refractivity contribution is 5.98. The molecule has 2 N–H and O–H groups in total. The maximum atomic E-state index is 13.4. The number of amides is 2. The third kappa shape index (κ3) is 6.92. The zero-order chi connectivity index (χ0) is 33.6. The van der Waals surface area contributed by atoms with Crippen molar-refractivity contribution in [3.05, 3.63) is 66.2 Å². The van der Waals surface area contributed by atoms with Crippen molar-refractivity contribution >= 4 is 28.5 Å². The van der Waals surface area contributed by atoms with Crippen LogP contribution in [0.4, 0.5) is 5.69 Å². The summed E-state index contributed by atoms with van der Waals surface area (Å²) in [5.41, 5.74) is 4.27. The topological polar surface area (TPSA) is 110 Å². The largest absolute Gasteiger partial charge is 0.493 e. The molecule has 1 saturated heterocycles. The highest BCUT2D eigenvalue weighted by Crippen LogP contribution is 2.44. The van der Waals surface area contributed by atoms with Crippen LogP contribution >= 0.6 is 0 Å². The lowest BCUT2D eigenvalue weighted by molar-refractivity contribution is -0.124. The number of ether oxygens (including phenoxy) is 3. The molecule has 0 unspecified atom stereocenters. The van der Waals surface area contributed by atoms with E-state index in [1.165, 1.54) is 5.69 Å². The van der Waals surface area contributed by atoms with Crippen LogP contribution in [0.2, 0.25) is 0 Å². The summed E-state index contributed by atoms with van der Waals surface area (Å²) < 4.78 is 19.0. The number of rotatable bonds is 12. The monoisotopic (exact) mass is 654 g/mol. The lowest BCUT2D eigenvalue weighted by Crippen LogP contribution is -2.47. The van der Waals surface area contributed by atoms with Gasteiger partial charge in [0.05, 0.1) is 32.4 Å². The van der Waals surface area contributed by atoms with Crippen LogP contribution in [-0.4, -0.2) is 93.9 Å². The number of nitrogens with one attached hydrogen (secondary N) is 2. The van der Waals surface area contributed by atoms with Gasteiger partial charge < -0.3 is 34.3 Å². The molecule has 2 atom stereocenters. The Morgan fingerprint density at radius 1 is 0.896 bits per heavy atom. The molecule has 3 aromatic carbocycles. The van der Waals surface area contributed by atoms with Crippen LogP contribution < -0.4 is 29.7 Å². The summed E-state index contributed by atoms with van der Waals surface area (Å²) in [5.74, 6) is 2.13. The van der Waals surface area contributed by atoms with Gasteiger partial charge in [-0.3, -0.25) is 14.5 Å². The van der Waals surface area contributed by atoms with Gasteiger partial charge in [-0.1, -0.05) is 18.2 Å². The molecule has 48 heavy (non-hydrogen) atoms. The number of methoxy groups -OCH3 is 3. The summed E-state index contributed by atoms with van der Waals surface area (Å²) in [7, 11) is 6.44. The molecule has 0 spiro atoms. The first kappa shape index (κ1) is 33.1. The van der Waals surface area contributed by atoms with Crippen LogP contribution in [0.25, 0.3) is 22.4 Å². The minimum Gasteiger partial charge on any atom is -0.493 e. The summed E-state index contributed by atoms with van der Waals surface area (Å²) >= 11 is 0. The molecule has 0 radical (unpaired) electrons. The molecule has 2 amide bonds. The van der Waals surface area contributed by atoms with Crippen molar-refractivity contribution in [3.8, 4) is 28.6 Å². The van der Waals surface area contributed by atoms with Crippen LogP contribution in [0.5, 0.6) is 17.2 Å². The number of nitrogens with zero attached hydrogens (tertiary/aromatic N) is 4. The summed E-state index contributed by atoms with van der Waals surface area (Å²) in [6, 6.07) is 20.0.